The van der Waals surface area contributed by atoms with Crippen molar-refractivity contribution in [2.24, 2.45) is 0 Å². The Morgan fingerprint density at radius 2 is 2.03 bits per heavy atom. The molecule has 1 aliphatic heterocycles. The molecule has 2 aromatic heterocycles. The molecular formula is C25H32N6O2. The first-order valence-corrected chi connectivity index (χ1v) is 11.4. The number of hydrogen-bond donors (Lipinski definition) is 2. The van der Waals surface area contributed by atoms with Gasteiger partial charge in [-0.25, -0.2) is 9.97 Å². The van der Waals surface area contributed by atoms with Gasteiger partial charge in [-0.05, 0) is 44.4 Å². The maximum absolute atomic E-state index is 13.1. The number of amides is 2. The first-order chi connectivity index (χ1) is 15.8. The molecule has 1 aromatic carbocycles. The number of anilines is 1. The maximum Gasteiger partial charge on any atom is 0.227 e. The molecule has 0 aliphatic carbocycles. The third kappa shape index (κ3) is 4.69. The van der Waals surface area contributed by atoms with Gasteiger partial charge in [-0.1, -0.05) is 11.6 Å². The molecule has 0 spiro atoms. The number of rotatable bonds is 6. The molecule has 1 saturated heterocycles. The normalized spacial score (nSPS) is 15.8. The van der Waals surface area contributed by atoms with E-state index in [1.54, 1.807) is 18.9 Å². The topological polar surface area (TPSA) is 94.2 Å². The van der Waals surface area contributed by atoms with E-state index in [1.807, 2.05) is 24.9 Å². The molecule has 1 atom stereocenters. The minimum absolute atomic E-state index is 0.0258. The van der Waals surface area contributed by atoms with Gasteiger partial charge in [-0.2, -0.15) is 0 Å². The van der Waals surface area contributed by atoms with Crippen molar-refractivity contribution in [3.63, 3.8) is 0 Å². The van der Waals surface area contributed by atoms with Crippen molar-refractivity contribution in [3.05, 3.63) is 52.6 Å². The minimum Gasteiger partial charge on any atom is -0.373 e. The maximum atomic E-state index is 13.1. The number of benzene rings is 1. The van der Waals surface area contributed by atoms with Crippen molar-refractivity contribution >= 4 is 28.5 Å². The average Bonchev–Trinajstić information content (AvgIpc) is 3.39. The Kier molecular flexibility index (Phi) is 6.35. The summed E-state index contributed by atoms with van der Waals surface area (Å²) in [5.74, 6) is 1.38. The molecule has 2 N–H and O–H groups in total. The summed E-state index contributed by atoms with van der Waals surface area (Å²) in [6, 6.07) is 8.00. The quantitative estimate of drug-likeness (QED) is 0.602. The number of fused-ring (bicyclic) bond motifs is 1. The lowest BCUT2D eigenvalue weighted by Crippen LogP contribution is -2.31. The second-order valence-corrected chi connectivity index (χ2v) is 8.93. The summed E-state index contributed by atoms with van der Waals surface area (Å²) in [7, 11) is 3.61. The number of aryl methyl sites for hydroxylation is 2. The number of H-pyrrole nitrogens is 1. The Balaban J connectivity index is 1.54. The zero-order valence-electron chi connectivity index (χ0n) is 20.0. The van der Waals surface area contributed by atoms with Crippen LogP contribution in [-0.4, -0.2) is 57.2 Å². The van der Waals surface area contributed by atoms with Gasteiger partial charge < -0.3 is 20.1 Å². The van der Waals surface area contributed by atoms with E-state index in [-0.39, 0.29) is 17.9 Å². The molecule has 3 heterocycles. The molecule has 174 valence electrons. The van der Waals surface area contributed by atoms with Gasteiger partial charge in [0.2, 0.25) is 11.8 Å². The largest absolute Gasteiger partial charge is 0.373 e. The average molecular weight is 449 g/mol. The standard InChI is InChI=1S/C25H32N6O2/c1-15-8-9-21-20(11-15)19(16(2)27-21)13-24(33)30(5)14-18-12-23(26-4)29-25(28-18)22-7-6-10-31(22)17(3)32/h8-9,11-12,22,27H,6-7,10,13-14H2,1-5H3,(H,26,28,29)/t22-/m1/s1. The van der Waals surface area contributed by atoms with Crippen LogP contribution in [-0.2, 0) is 22.6 Å². The Labute approximate surface area is 194 Å². The van der Waals surface area contributed by atoms with E-state index in [0.717, 1.165) is 47.2 Å². The highest BCUT2D eigenvalue weighted by Crippen LogP contribution is 2.31. The molecule has 4 rings (SSSR count). The minimum atomic E-state index is -0.118. The molecule has 33 heavy (non-hydrogen) atoms. The van der Waals surface area contributed by atoms with Crippen LogP contribution in [0.15, 0.2) is 24.3 Å². The summed E-state index contributed by atoms with van der Waals surface area (Å²) in [4.78, 5) is 41.4. The Morgan fingerprint density at radius 3 is 2.76 bits per heavy atom. The van der Waals surface area contributed by atoms with Crippen LogP contribution in [0.25, 0.3) is 10.9 Å². The van der Waals surface area contributed by atoms with E-state index in [1.165, 1.54) is 5.56 Å². The van der Waals surface area contributed by atoms with Crippen LogP contribution in [0.5, 0.6) is 0 Å². The third-order valence-corrected chi connectivity index (χ3v) is 6.44. The first-order valence-electron chi connectivity index (χ1n) is 11.4. The van der Waals surface area contributed by atoms with E-state index < -0.39 is 0 Å². The predicted octanol–water partition coefficient (Wildman–Crippen LogP) is 3.50. The van der Waals surface area contributed by atoms with Crippen LogP contribution in [0, 0.1) is 13.8 Å². The van der Waals surface area contributed by atoms with Crippen molar-refractivity contribution < 1.29 is 9.59 Å². The van der Waals surface area contributed by atoms with Crippen molar-refractivity contribution in [3.8, 4) is 0 Å². The van der Waals surface area contributed by atoms with Crippen LogP contribution in [0.3, 0.4) is 0 Å². The highest BCUT2D eigenvalue weighted by Gasteiger charge is 2.30. The van der Waals surface area contributed by atoms with Crippen LogP contribution < -0.4 is 5.32 Å². The van der Waals surface area contributed by atoms with Gasteiger partial charge in [0, 0.05) is 50.2 Å². The molecule has 8 heteroatoms. The summed E-state index contributed by atoms with van der Waals surface area (Å²) in [6.45, 7) is 6.75. The van der Waals surface area contributed by atoms with Gasteiger partial charge in [0.25, 0.3) is 0 Å². The van der Waals surface area contributed by atoms with E-state index in [9.17, 15) is 9.59 Å². The van der Waals surface area contributed by atoms with Crippen molar-refractivity contribution in [2.75, 3.05) is 26.0 Å². The lowest BCUT2D eigenvalue weighted by atomic mass is 10.1. The summed E-state index contributed by atoms with van der Waals surface area (Å²) >= 11 is 0. The molecular weight excluding hydrogens is 416 g/mol. The molecule has 1 aliphatic rings. The van der Waals surface area contributed by atoms with Crippen molar-refractivity contribution in [1.82, 2.24) is 24.8 Å². The molecule has 1 fully saturated rings. The Hall–Kier alpha value is -3.42. The van der Waals surface area contributed by atoms with Crippen LogP contribution in [0.4, 0.5) is 5.82 Å². The fraction of sp³-hybridized carbons (Fsp3) is 0.440. The zero-order valence-corrected chi connectivity index (χ0v) is 20.0. The molecule has 0 saturated carbocycles. The van der Waals surface area contributed by atoms with Gasteiger partial charge in [-0.15, -0.1) is 0 Å². The summed E-state index contributed by atoms with van der Waals surface area (Å²) < 4.78 is 0. The number of carbonyl (C=O) groups is 2. The van der Waals surface area contributed by atoms with E-state index >= 15 is 0 Å². The summed E-state index contributed by atoms with van der Waals surface area (Å²) in [5, 5.41) is 4.18. The lowest BCUT2D eigenvalue weighted by molar-refractivity contribution is -0.130. The number of aromatic amines is 1. The molecule has 8 nitrogen and oxygen atoms in total. The molecule has 0 radical (unpaired) electrons. The smallest absolute Gasteiger partial charge is 0.227 e. The van der Waals surface area contributed by atoms with E-state index in [2.05, 4.69) is 40.4 Å². The van der Waals surface area contributed by atoms with E-state index in [4.69, 9.17) is 4.98 Å². The van der Waals surface area contributed by atoms with Gasteiger partial charge in [-0.3, -0.25) is 9.59 Å². The van der Waals surface area contributed by atoms with Gasteiger partial charge in [0.15, 0.2) is 5.82 Å². The highest BCUT2D eigenvalue weighted by molar-refractivity contribution is 5.90. The van der Waals surface area contributed by atoms with Crippen molar-refractivity contribution in [2.45, 2.75) is 52.6 Å². The predicted molar refractivity (Wildman–Crippen MR) is 129 cm³/mol. The number of hydrogen-bond acceptors (Lipinski definition) is 5. The highest BCUT2D eigenvalue weighted by atomic mass is 16.2. The number of nitrogens with zero attached hydrogens (tertiary/aromatic N) is 4. The third-order valence-electron chi connectivity index (χ3n) is 6.44. The molecule has 0 unspecified atom stereocenters. The summed E-state index contributed by atoms with van der Waals surface area (Å²) in [6.07, 6.45) is 2.11. The number of likely N-dealkylation sites (N-methyl/N-ethyl adjacent to an activating group) is 1. The SMILES string of the molecule is CNc1cc(CN(C)C(=O)Cc2c(C)[nH]c3ccc(C)cc23)nc([C@H]2CCCN2C(C)=O)n1. The van der Waals surface area contributed by atoms with Crippen LogP contribution in [0.1, 0.15) is 54.1 Å². The number of carbonyl (C=O) groups excluding carboxylic acids is 2. The lowest BCUT2D eigenvalue weighted by Gasteiger charge is -2.23. The Bertz CT molecular complexity index is 1200. The van der Waals surface area contributed by atoms with Gasteiger partial charge in [0.1, 0.15) is 5.82 Å². The van der Waals surface area contributed by atoms with Crippen molar-refractivity contribution in [1.29, 1.82) is 0 Å². The second kappa shape index (κ2) is 9.21. The molecule has 0 bridgehead atoms. The number of aromatic nitrogens is 3. The summed E-state index contributed by atoms with van der Waals surface area (Å²) in [5.41, 5.74) is 5.03. The van der Waals surface area contributed by atoms with Crippen LogP contribution >= 0.6 is 0 Å². The zero-order chi connectivity index (χ0) is 23.7. The fourth-order valence-corrected chi connectivity index (χ4v) is 4.63. The Morgan fingerprint density at radius 1 is 1.24 bits per heavy atom. The van der Waals surface area contributed by atoms with Crippen LogP contribution in [0.2, 0.25) is 0 Å². The monoisotopic (exact) mass is 448 g/mol. The second-order valence-electron chi connectivity index (χ2n) is 8.93. The number of likely N-dealkylation sites (tertiary alicyclic amines) is 1. The molecule has 2 amide bonds. The fourth-order valence-electron chi connectivity index (χ4n) is 4.63. The van der Waals surface area contributed by atoms with E-state index in [0.29, 0.717) is 24.6 Å². The molecule has 3 aromatic rings. The van der Waals surface area contributed by atoms with Gasteiger partial charge in [0.05, 0.1) is 24.7 Å². The number of nitrogens with one attached hydrogen (secondary N) is 2. The van der Waals surface area contributed by atoms with Gasteiger partial charge >= 0.3 is 0 Å². The first kappa shape index (κ1) is 22.8.